The third-order valence-corrected chi connectivity index (χ3v) is 1.42. The average molecular weight is 114 g/mol. The number of hydrogen-bond donors (Lipinski definition) is 1. The van der Waals surface area contributed by atoms with Crippen molar-refractivity contribution in [2.45, 2.75) is 12.5 Å². The molecule has 0 amide bonds. The second-order valence-electron chi connectivity index (χ2n) is 2.70. The summed E-state index contributed by atoms with van der Waals surface area (Å²) in [6.45, 7) is 2.46. The van der Waals surface area contributed by atoms with Gasteiger partial charge in [-0.05, 0) is 27.1 Å². The van der Waals surface area contributed by atoms with Crippen LogP contribution in [0.5, 0.6) is 0 Å². The van der Waals surface area contributed by atoms with Gasteiger partial charge in [0.15, 0.2) is 0 Å². The number of rotatable bonds is 3. The Labute approximate surface area is 50.9 Å². The first-order valence-corrected chi connectivity index (χ1v) is 3.17. The summed E-state index contributed by atoms with van der Waals surface area (Å²) in [4.78, 5) is 2.22. The van der Waals surface area contributed by atoms with E-state index >= 15 is 0 Å². The summed E-state index contributed by atoms with van der Waals surface area (Å²) in [7, 11) is 4.23. The first kappa shape index (κ1) is 6.05. The molecule has 1 heterocycles. The molecule has 0 saturated carbocycles. The fraction of sp³-hybridized carbons (Fsp3) is 1.00. The Morgan fingerprint density at radius 1 is 1.62 bits per heavy atom. The van der Waals surface area contributed by atoms with E-state index in [1.807, 2.05) is 0 Å². The molecular formula is C6H14N2. The van der Waals surface area contributed by atoms with Gasteiger partial charge in [0.2, 0.25) is 0 Å². The molecule has 2 nitrogen and oxygen atoms in total. The first-order chi connectivity index (χ1) is 3.79. The Kier molecular flexibility index (Phi) is 1.86. The highest BCUT2D eigenvalue weighted by Crippen LogP contribution is 2.01. The zero-order chi connectivity index (χ0) is 5.98. The molecule has 1 aliphatic rings. The molecule has 1 rings (SSSR count). The summed E-state index contributed by atoms with van der Waals surface area (Å²) in [6, 6.07) is 0.845. The first-order valence-electron chi connectivity index (χ1n) is 3.17. The molecule has 1 fully saturated rings. The van der Waals surface area contributed by atoms with Crippen molar-refractivity contribution < 1.29 is 0 Å². The van der Waals surface area contributed by atoms with Crippen molar-refractivity contribution >= 4 is 0 Å². The molecule has 0 spiro atoms. The van der Waals surface area contributed by atoms with Crippen molar-refractivity contribution in [2.75, 3.05) is 27.2 Å². The second kappa shape index (κ2) is 2.46. The van der Waals surface area contributed by atoms with Gasteiger partial charge < -0.3 is 10.2 Å². The van der Waals surface area contributed by atoms with Gasteiger partial charge in [0.05, 0.1) is 0 Å². The second-order valence-corrected chi connectivity index (χ2v) is 2.70. The van der Waals surface area contributed by atoms with Gasteiger partial charge in [0.1, 0.15) is 0 Å². The highest BCUT2D eigenvalue weighted by atomic mass is 15.1. The van der Waals surface area contributed by atoms with Gasteiger partial charge in [-0.15, -0.1) is 0 Å². The van der Waals surface area contributed by atoms with E-state index in [1.165, 1.54) is 19.5 Å². The van der Waals surface area contributed by atoms with E-state index in [-0.39, 0.29) is 0 Å². The standard InChI is InChI=1S/C6H14N2/c1-8(2)4-3-6-5-7-6/h6-7H,3-5H2,1-2H3. The van der Waals surface area contributed by atoms with Crippen molar-refractivity contribution in [1.82, 2.24) is 10.2 Å². The topological polar surface area (TPSA) is 25.2 Å². The summed E-state index contributed by atoms with van der Waals surface area (Å²) >= 11 is 0. The van der Waals surface area contributed by atoms with E-state index < -0.39 is 0 Å². The molecule has 1 unspecified atom stereocenters. The molecule has 8 heavy (non-hydrogen) atoms. The van der Waals surface area contributed by atoms with Gasteiger partial charge in [-0.1, -0.05) is 0 Å². The van der Waals surface area contributed by atoms with Crippen molar-refractivity contribution in [3.63, 3.8) is 0 Å². The van der Waals surface area contributed by atoms with Crippen LogP contribution in [0, 0.1) is 0 Å². The zero-order valence-electron chi connectivity index (χ0n) is 5.65. The van der Waals surface area contributed by atoms with E-state index in [9.17, 15) is 0 Å². The molecule has 0 radical (unpaired) electrons. The lowest BCUT2D eigenvalue weighted by Crippen LogP contribution is -2.15. The predicted octanol–water partition coefficient (Wildman–Crippen LogP) is -0.0901. The summed E-state index contributed by atoms with van der Waals surface area (Å²) in [5.74, 6) is 0. The number of nitrogens with zero attached hydrogens (tertiary/aromatic N) is 1. The largest absolute Gasteiger partial charge is 0.311 e. The molecule has 1 atom stereocenters. The Bertz CT molecular complexity index is 64.9. The van der Waals surface area contributed by atoms with E-state index in [0.717, 1.165) is 6.04 Å². The maximum atomic E-state index is 3.26. The summed E-state index contributed by atoms with van der Waals surface area (Å²) in [5, 5.41) is 3.26. The zero-order valence-corrected chi connectivity index (χ0v) is 5.65. The van der Waals surface area contributed by atoms with Crippen LogP contribution in [0.4, 0.5) is 0 Å². The van der Waals surface area contributed by atoms with Crippen LogP contribution < -0.4 is 5.32 Å². The molecule has 48 valence electrons. The van der Waals surface area contributed by atoms with Gasteiger partial charge in [-0.25, -0.2) is 0 Å². The quantitative estimate of drug-likeness (QED) is 0.519. The fourth-order valence-corrected chi connectivity index (χ4v) is 0.701. The molecular weight excluding hydrogens is 100 g/mol. The van der Waals surface area contributed by atoms with E-state index in [0.29, 0.717) is 0 Å². The van der Waals surface area contributed by atoms with Gasteiger partial charge in [-0.2, -0.15) is 0 Å². The minimum absolute atomic E-state index is 0.845. The average Bonchev–Trinajstić information content (AvgIpc) is 2.41. The fourth-order valence-electron chi connectivity index (χ4n) is 0.701. The van der Waals surface area contributed by atoms with Crippen LogP contribution in [0.1, 0.15) is 6.42 Å². The smallest absolute Gasteiger partial charge is 0.0205 e. The minimum Gasteiger partial charge on any atom is -0.311 e. The minimum atomic E-state index is 0.845. The summed E-state index contributed by atoms with van der Waals surface area (Å²) < 4.78 is 0. The van der Waals surface area contributed by atoms with Crippen molar-refractivity contribution in [3.8, 4) is 0 Å². The normalized spacial score (nSPS) is 26.6. The predicted molar refractivity (Wildman–Crippen MR) is 35.0 cm³/mol. The Morgan fingerprint density at radius 3 is 2.62 bits per heavy atom. The van der Waals surface area contributed by atoms with Crippen molar-refractivity contribution in [1.29, 1.82) is 0 Å². The molecule has 1 aliphatic heterocycles. The van der Waals surface area contributed by atoms with Crippen LogP contribution in [0.15, 0.2) is 0 Å². The molecule has 0 aromatic heterocycles. The maximum absolute atomic E-state index is 3.26. The van der Waals surface area contributed by atoms with Crippen LogP contribution in [-0.2, 0) is 0 Å². The third-order valence-electron chi connectivity index (χ3n) is 1.42. The number of nitrogens with one attached hydrogen (secondary N) is 1. The Balaban J connectivity index is 1.87. The lowest BCUT2D eigenvalue weighted by molar-refractivity contribution is 0.399. The summed E-state index contributed by atoms with van der Waals surface area (Å²) in [5.41, 5.74) is 0. The lowest BCUT2D eigenvalue weighted by atomic mass is 10.3. The van der Waals surface area contributed by atoms with Gasteiger partial charge in [-0.3, -0.25) is 0 Å². The maximum Gasteiger partial charge on any atom is 0.0205 e. The van der Waals surface area contributed by atoms with Gasteiger partial charge >= 0.3 is 0 Å². The van der Waals surface area contributed by atoms with E-state index in [2.05, 4.69) is 24.3 Å². The Morgan fingerprint density at radius 2 is 2.25 bits per heavy atom. The van der Waals surface area contributed by atoms with Gasteiger partial charge in [0.25, 0.3) is 0 Å². The third kappa shape index (κ3) is 2.28. The molecule has 2 heteroatoms. The molecule has 0 bridgehead atoms. The molecule has 0 aliphatic carbocycles. The highest BCUT2D eigenvalue weighted by molar-refractivity contribution is 4.83. The number of hydrogen-bond acceptors (Lipinski definition) is 2. The Hall–Kier alpha value is -0.0800. The SMILES string of the molecule is CN(C)CCC1CN1. The van der Waals surface area contributed by atoms with Crippen LogP contribution in [-0.4, -0.2) is 38.1 Å². The molecule has 0 aromatic rings. The van der Waals surface area contributed by atoms with E-state index in [1.54, 1.807) is 0 Å². The van der Waals surface area contributed by atoms with Crippen LogP contribution in [0.2, 0.25) is 0 Å². The monoisotopic (exact) mass is 114 g/mol. The molecule has 1 saturated heterocycles. The summed E-state index contributed by atoms with van der Waals surface area (Å²) in [6.07, 6.45) is 1.31. The van der Waals surface area contributed by atoms with Crippen LogP contribution >= 0.6 is 0 Å². The highest BCUT2D eigenvalue weighted by Gasteiger charge is 2.18. The van der Waals surface area contributed by atoms with Crippen molar-refractivity contribution in [3.05, 3.63) is 0 Å². The molecule has 0 aromatic carbocycles. The van der Waals surface area contributed by atoms with Crippen LogP contribution in [0.25, 0.3) is 0 Å². The lowest BCUT2D eigenvalue weighted by Gasteiger charge is -2.06. The molecule has 1 N–H and O–H groups in total. The van der Waals surface area contributed by atoms with Gasteiger partial charge in [0, 0.05) is 12.6 Å². The van der Waals surface area contributed by atoms with E-state index in [4.69, 9.17) is 0 Å². The van der Waals surface area contributed by atoms with Crippen LogP contribution in [0.3, 0.4) is 0 Å². The van der Waals surface area contributed by atoms with Crippen molar-refractivity contribution in [2.24, 2.45) is 0 Å².